The first kappa shape index (κ1) is 32.6. The van der Waals surface area contributed by atoms with Gasteiger partial charge in [-0.1, -0.05) is 12.1 Å². The molecular formula is C32H23F8N3O3. The normalized spacial score (nSPS) is 15.0. The minimum Gasteiger partial charge on any atom is -0.298 e. The van der Waals surface area contributed by atoms with Crippen LogP contribution in [0.3, 0.4) is 0 Å². The van der Waals surface area contributed by atoms with Crippen molar-refractivity contribution < 1.29 is 49.5 Å². The number of carbonyl (C=O) groups excluding carboxylic acids is 3. The van der Waals surface area contributed by atoms with Crippen LogP contribution in [0.1, 0.15) is 75.5 Å². The molecule has 6 nitrogen and oxygen atoms in total. The number of nitrogens with zero attached hydrogens (tertiary/aromatic N) is 3. The number of Topliss-reactive ketones (excluding diaryl/α,β-unsaturated/α-hetero) is 3. The molecule has 0 fully saturated rings. The number of benzene rings is 2. The first-order chi connectivity index (χ1) is 21.5. The van der Waals surface area contributed by atoms with E-state index in [-0.39, 0.29) is 23.2 Å². The average molecular weight is 650 g/mol. The molecule has 0 spiro atoms. The zero-order valence-corrected chi connectivity index (χ0v) is 23.9. The van der Waals surface area contributed by atoms with Crippen LogP contribution in [0.15, 0.2) is 54.7 Å². The van der Waals surface area contributed by atoms with Gasteiger partial charge in [-0.25, -0.2) is 22.0 Å². The summed E-state index contributed by atoms with van der Waals surface area (Å²) in [6.07, 6.45) is -6.69. The van der Waals surface area contributed by atoms with Gasteiger partial charge in [0.15, 0.2) is 23.0 Å². The van der Waals surface area contributed by atoms with Crippen molar-refractivity contribution in [1.82, 2.24) is 14.8 Å². The van der Waals surface area contributed by atoms with E-state index in [4.69, 9.17) is 0 Å². The van der Waals surface area contributed by atoms with Crippen molar-refractivity contribution in [3.63, 3.8) is 0 Å². The summed E-state index contributed by atoms with van der Waals surface area (Å²) in [5.74, 6) is -10.1. The molecule has 1 aliphatic carbocycles. The summed E-state index contributed by atoms with van der Waals surface area (Å²) in [5, 5.41) is 3.22. The third kappa shape index (κ3) is 6.60. The Kier molecular flexibility index (Phi) is 8.67. The fourth-order valence-corrected chi connectivity index (χ4v) is 5.65. The molecule has 0 radical (unpaired) electrons. The molecule has 0 N–H and O–H groups in total. The van der Waals surface area contributed by atoms with Crippen molar-refractivity contribution in [3.8, 4) is 11.1 Å². The largest absolute Gasteiger partial charge is 0.435 e. The molecule has 2 heterocycles. The molecule has 1 aliphatic rings. The third-order valence-corrected chi connectivity index (χ3v) is 7.60. The van der Waals surface area contributed by atoms with Crippen LogP contribution in [0, 0.1) is 17.5 Å². The molecule has 4 aromatic rings. The highest BCUT2D eigenvalue weighted by Crippen LogP contribution is 2.46. The van der Waals surface area contributed by atoms with E-state index in [0.29, 0.717) is 21.9 Å². The van der Waals surface area contributed by atoms with Crippen LogP contribution >= 0.6 is 0 Å². The number of fused-ring (bicyclic) bond motifs is 1. The number of rotatable bonds is 9. The number of pyridine rings is 1. The van der Waals surface area contributed by atoms with Crippen LogP contribution in [-0.4, -0.2) is 32.1 Å². The Balaban J connectivity index is 1.57. The smallest absolute Gasteiger partial charge is 0.298 e. The second-order valence-corrected chi connectivity index (χ2v) is 11.0. The van der Waals surface area contributed by atoms with Gasteiger partial charge in [-0.05, 0) is 54.8 Å². The van der Waals surface area contributed by atoms with E-state index in [1.54, 1.807) is 6.07 Å². The van der Waals surface area contributed by atoms with Crippen LogP contribution in [0.5, 0.6) is 0 Å². The summed E-state index contributed by atoms with van der Waals surface area (Å²) in [4.78, 5) is 42.4. The van der Waals surface area contributed by atoms with Gasteiger partial charge in [0.25, 0.3) is 5.92 Å². The molecule has 240 valence electrons. The summed E-state index contributed by atoms with van der Waals surface area (Å²) in [6, 6.07) is 9.37. The summed E-state index contributed by atoms with van der Waals surface area (Å²) < 4.78 is 113. The van der Waals surface area contributed by atoms with Crippen molar-refractivity contribution in [2.75, 3.05) is 0 Å². The fraction of sp³-hybridized carbons (Fsp3) is 0.281. The van der Waals surface area contributed by atoms with E-state index < -0.39 is 95.6 Å². The predicted octanol–water partition coefficient (Wildman–Crippen LogP) is 7.64. The molecule has 1 atom stereocenters. The van der Waals surface area contributed by atoms with Gasteiger partial charge in [0, 0.05) is 43.0 Å². The molecule has 2 aromatic carbocycles. The lowest BCUT2D eigenvalue weighted by Crippen LogP contribution is -2.29. The molecule has 0 bridgehead atoms. The van der Waals surface area contributed by atoms with Gasteiger partial charge in [0.1, 0.15) is 29.7 Å². The van der Waals surface area contributed by atoms with E-state index >= 15 is 0 Å². The van der Waals surface area contributed by atoms with Crippen LogP contribution in [0.25, 0.3) is 11.1 Å². The second-order valence-electron chi connectivity index (χ2n) is 11.0. The highest BCUT2D eigenvalue weighted by Gasteiger charge is 2.52. The lowest BCUT2D eigenvalue weighted by Gasteiger charge is -2.23. The molecule has 0 saturated carbocycles. The number of halogens is 8. The van der Waals surface area contributed by atoms with E-state index in [1.165, 1.54) is 24.4 Å². The number of ketones is 3. The van der Waals surface area contributed by atoms with Crippen molar-refractivity contribution in [3.05, 3.63) is 106 Å². The lowest BCUT2D eigenvalue weighted by atomic mass is 9.86. The van der Waals surface area contributed by atoms with Crippen LogP contribution in [0.2, 0.25) is 0 Å². The minimum absolute atomic E-state index is 0.0843. The van der Waals surface area contributed by atoms with Crippen molar-refractivity contribution in [2.24, 2.45) is 0 Å². The Morgan fingerprint density at radius 3 is 2.37 bits per heavy atom. The van der Waals surface area contributed by atoms with Gasteiger partial charge in [-0.15, -0.1) is 0 Å². The summed E-state index contributed by atoms with van der Waals surface area (Å²) in [7, 11) is 0. The Morgan fingerprint density at radius 2 is 1.72 bits per heavy atom. The standard InChI is InChI=1S/C32H23F8N3O3/c1-16(44)24-13-18(4-5-25(24)35)23-3-2-8-41-28(23)19(9-17-10-20(33)14-21(34)11-17)12-22(45)15-43-29-26(46)6-7-31(36,37)27(29)30(42-43)32(38,39)40/h2-5,8,10-11,13-14,19H,6-7,9,12,15H2,1H3/t19-/m1/s1. The topological polar surface area (TPSA) is 81.9 Å². The maximum atomic E-state index is 14.7. The van der Waals surface area contributed by atoms with Crippen molar-refractivity contribution in [2.45, 2.75) is 57.2 Å². The maximum absolute atomic E-state index is 14.7. The Labute approximate surface area is 256 Å². The number of carbonyl (C=O) groups is 3. The van der Waals surface area contributed by atoms with E-state index in [2.05, 4.69) is 10.1 Å². The molecule has 0 saturated heterocycles. The molecule has 5 rings (SSSR count). The molecule has 0 aliphatic heterocycles. The van der Waals surface area contributed by atoms with Crippen LogP contribution in [0.4, 0.5) is 35.1 Å². The van der Waals surface area contributed by atoms with Crippen LogP contribution in [-0.2, 0) is 29.9 Å². The molecule has 0 amide bonds. The van der Waals surface area contributed by atoms with Gasteiger partial charge in [-0.3, -0.25) is 24.0 Å². The van der Waals surface area contributed by atoms with Crippen molar-refractivity contribution in [1.29, 1.82) is 0 Å². The average Bonchev–Trinajstić information content (AvgIpc) is 3.36. The van der Waals surface area contributed by atoms with Gasteiger partial charge >= 0.3 is 6.18 Å². The number of aromatic nitrogens is 3. The molecule has 2 aromatic heterocycles. The monoisotopic (exact) mass is 649 g/mol. The first-order valence-electron chi connectivity index (χ1n) is 13.9. The van der Waals surface area contributed by atoms with E-state index in [9.17, 15) is 49.5 Å². The number of hydrogen-bond acceptors (Lipinski definition) is 5. The zero-order valence-electron chi connectivity index (χ0n) is 23.9. The molecule has 0 unspecified atom stereocenters. The zero-order chi connectivity index (χ0) is 33.6. The Bertz CT molecular complexity index is 1850. The first-order valence-corrected chi connectivity index (χ1v) is 13.9. The number of hydrogen-bond donors (Lipinski definition) is 0. The second kappa shape index (κ2) is 12.2. The Hall–Kier alpha value is -4.75. The molecule has 46 heavy (non-hydrogen) atoms. The van der Waals surface area contributed by atoms with E-state index in [1.807, 2.05) is 0 Å². The SMILES string of the molecule is CC(=O)c1cc(-c2cccnc2[C@@H](CC(=O)Cn2nc(C(F)(F)F)c3c2C(=O)CCC3(F)F)Cc2cc(F)cc(F)c2)ccc1F. The lowest BCUT2D eigenvalue weighted by molar-refractivity contribution is -0.146. The molecule has 14 heteroatoms. The number of alkyl halides is 5. The predicted molar refractivity (Wildman–Crippen MR) is 147 cm³/mol. The highest BCUT2D eigenvalue weighted by atomic mass is 19.4. The summed E-state index contributed by atoms with van der Waals surface area (Å²) in [6.45, 7) is 0.159. The quantitative estimate of drug-likeness (QED) is 0.138. The minimum atomic E-state index is -5.35. The summed E-state index contributed by atoms with van der Waals surface area (Å²) >= 11 is 0. The van der Waals surface area contributed by atoms with Crippen LogP contribution < -0.4 is 0 Å². The van der Waals surface area contributed by atoms with Gasteiger partial charge in [-0.2, -0.15) is 18.3 Å². The maximum Gasteiger partial charge on any atom is 0.435 e. The third-order valence-electron chi connectivity index (χ3n) is 7.60. The van der Waals surface area contributed by atoms with Gasteiger partial charge in [0.2, 0.25) is 0 Å². The fourth-order valence-electron chi connectivity index (χ4n) is 5.65. The van der Waals surface area contributed by atoms with Gasteiger partial charge < -0.3 is 0 Å². The summed E-state index contributed by atoms with van der Waals surface area (Å²) in [5.41, 5.74) is -3.94. The van der Waals surface area contributed by atoms with E-state index in [0.717, 1.165) is 25.1 Å². The van der Waals surface area contributed by atoms with Gasteiger partial charge in [0.05, 0.1) is 16.8 Å². The Morgan fingerprint density at radius 1 is 1.02 bits per heavy atom. The van der Waals surface area contributed by atoms with Crippen molar-refractivity contribution >= 4 is 17.3 Å². The molecular weight excluding hydrogens is 626 g/mol. The highest BCUT2D eigenvalue weighted by molar-refractivity contribution is 5.98.